The van der Waals surface area contributed by atoms with E-state index in [0.29, 0.717) is 0 Å². The highest BCUT2D eigenvalue weighted by Gasteiger charge is 2.25. The Kier molecular flexibility index (Phi) is 1.98. The maximum absolute atomic E-state index is 6.08. The van der Waals surface area contributed by atoms with Crippen molar-refractivity contribution in [1.29, 1.82) is 0 Å². The van der Waals surface area contributed by atoms with Crippen LogP contribution in [0, 0.1) is 6.92 Å². The second kappa shape index (κ2) is 3.25. The number of fused-ring (bicyclic) bond motifs is 3. The lowest BCUT2D eigenvalue weighted by molar-refractivity contribution is 0.419. The fourth-order valence-corrected chi connectivity index (χ4v) is 2.74. The SMILES string of the molecule is COc1ccc(C)c2c3c([nH]c12)C(N)CC3. The highest BCUT2D eigenvalue weighted by atomic mass is 16.5. The molecule has 1 aliphatic rings. The lowest BCUT2D eigenvalue weighted by Crippen LogP contribution is -2.05. The van der Waals surface area contributed by atoms with Gasteiger partial charge in [-0.05, 0) is 37.0 Å². The third kappa shape index (κ3) is 1.12. The minimum Gasteiger partial charge on any atom is -0.495 e. The number of rotatable bonds is 1. The average Bonchev–Trinajstić information content (AvgIpc) is 2.81. The van der Waals surface area contributed by atoms with Gasteiger partial charge in [-0.1, -0.05) is 6.07 Å². The summed E-state index contributed by atoms with van der Waals surface area (Å²) >= 11 is 0. The zero-order valence-corrected chi connectivity index (χ0v) is 9.63. The molecule has 2 aromatic rings. The molecule has 1 unspecified atom stereocenters. The van der Waals surface area contributed by atoms with Crippen LogP contribution in [-0.2, 0) is 6.42 Å². The summed E-state index contributed by atoms with van der Waals surface area (Å²) < 4.78 is 5.38. The number of methoxy groups -OCH3 is 1. The van der Waals surface area contributed by atoms with E-state index in [0.717, 1.165) is 24.1 Å². The molecule has 1 aliphatic carbocycles. The van der Waals surface area contributed by atoms with Gasteiger partial charge in [-0.2, -0.15) is 0 Å². The summed E-state index contributed by atoms with van der Waals surface area (Å²) in [7, 11) is 1.70. The van der Waals surface area contributed by atoms with Gasteiger partial charge < -0.3 is 15.5 Å². The first-order valence-corrected chi connectivity index (χ1v) is 5.66. The van der Waals surface area contributed by atoms with Crippen LogP contribution in [0.25, 0.3) is 10.9 Å². The van der Waals surface area contributed by atoms with Gasteiger partial charge in [-0.3, -0.25) is 0 Å². The molecule has 0 bridgehead atoms. The molecule has 0 fully saturated rings. The molecule has 0 amide bonds. The number of ether oxygens (including phenoxy) is 1. The number of nitrogens with one attached hydrogen (secondary N) is 1. The molecule has 3 nitrogen and oxygen atoms in total. The summed E-state index contributed by atoms with van der Waals surface area (Å²) in [6.07, 6.45) is 2.12. The lowest BCUT2D eigenvalue weighted by Gasteiger charge is -2.05. The number of hydrogen-bond acceptors (Lipinski definition) is 2. The summed E-state index contributed by atoms with van der Waals surface area (Å²) in [5.74, 6) is 0.905. The van der Waals surface area contributed by atoms with Crippen molar-refractivity contribution in [1.82, 2.24) is 4.98 Å². The van der Waals surface area contributed by atoms with Gasteiger partial charge in [0.05, 0.1) is 12.6 Å². The van der Waals surface area contributed by atoms with E-state index in [1.54, 1.807) is 7.11 Å². The van der Waals surface area contributed by atoms with Crippen LogP contribution in [0.1, 0.15) is 29.3 Å². The molecule has 1 heterocycles. The fraction of sp³-hybridized carbons (Fsp3) is 0.385. The lowest BCUT2D eigenvalue weighted by atomic mass is 10.1. The minimum atomic E-state index is 0.159. The molecule has 3 rings (SSSR count). The van der Waals surface area contributed by atoms with Crippen molar-refractivity contribution < 1.29 is 4.74 Å². The van der Waals surface area contributed by atoms with Crippen LogP contribution < -0.4 is 10.5 Å². The number of H-pyrrole nitrogens is 1. The van der Waals surface area contributed by atoms with Crippen LogP contribution in [0.4, 0.5) is 0 Å². The molecule has 1 aromatic heterocycles. The van der Waals surface area contributed by atoms with Crippen molar-refractivity contribution >= 4 is 10.9 Å². The van der Waals surface area contributed by atoms with Gasteiger partial charge in [-0.15, -0.1) is 0 Å². The predicted molar refractivity (Wildman–Crippen MR) is 64.8 cm³/mol. The Morgan fingerprint density at radius 1 is 1.44 bits per heavy atom. The van der Waals surface area contributed by atoms with Gasteiger partial charge in [0.1, 0.15) is 5.75 Å². The van der Waals surface area contributed by atoms with E-state index in [1.807, 2.05) is 6.07 Å². The monoisotopic (exact) mass is 216 g/mol. The van der Waals surface area contributed by atoms with Crippen molar-refractivity contribution in [3.05, 3.63) is 29.0 Å². The molecular formula is C13H16N2O. The van der Waals surface area contributed by atoms with Gasteiger partial charge in [0.2, 0.25) is 0 Å². The van der Waals surface area contributed by atoms with Gasteiger partial charge in [-0.25, -0.2) is 0 Å². The second-order valence-corrected chi connectivity index (χ2v) is 4.50. The molecule has 3 heteroatoms. The highest BCUT2D eigenvalue weighted by Crippen LogP contribution is 2.39. The molecule has 0 spiro atoms. The van der Waals surface area contributed by atoms with Crippen molar-refractivity contribution in [2.45, 2.75) is 25.8 Å². The maximum Gasteiger partial charge on any atom is 0.142 e. The Labute approximate surface area is 94.6 Å². The zero-order valence-electron chi connectivity index (χ0n) is 9.63. The number of benzene rings is 1. The smallest absolute Gasteiger partial charge is 0.142 e. The maximum atomic E-state index is 6.08. The summed E-state index contributed by atoms with van der Waals surface area (Å²) in [4.78, 5) is 3.44. The van der Waals surface area contributed by atoms with Gasteiger partial charge in [0.25, 0.3) is 0 Å². The summed E-state index contributed by atoms with van der Waals surface area (Å²) in [5, 5.41) is 1.31. The van der Waals surface area contributed by atoms with Gasteiger partial charge in [0.15, 0.2) is 0 Å². The van der Waals surface area contributed by atoms with Crippen molar-refractivity contribution in [3.8, 4) is 5.75 Å². The molecule has 0 saturated carbocycles. The molecule has 0 radical (unpaired) electrons. The van der Waals surface area contributed by atoms with Crippen LogP contribution in [-0.4, -0.2) is 12.1 Å². The largest absolute Gasteiger partial charge is 0.495 e. The number of aromatic amines is 1. The van der Waals surface area contributed by atoms with Gasteiger partial charge >= 0.3 is 0 Å². The average molecular weight is 216 g/mol. The zero-order chi connectivity index (χ0) is 11.3. The van der Waals surface area contributed by atoms with Crippen LogP contribution in [0.15, 0.2) is 12.1 Å². The summed E-state index contributed by atoms with van der Waals surface area (Å²) in [6, 6.07) is 4.28. The summed E-state index contributed by atoms with van der Waals surface area (Å²) in [5.41, 5.74) is 11.1. The first-order valence-electron chi connectivity index (χ1n) is 5.66. The summed E-state index contributed by atoms with van der Waals surface area (Å²) in [6.45, 7) is 2.14. The standard InChI is InChI=1S/C13H16N2O/c1-7-3-6-10(16-2)13-11(7)8-4-5-9(14)12(8)15-13/h3,6,9,15H,4-5,14H2,1-2H3. The number of aryl methyl sites for hydroxylation is 2. The third-order valence-electron chi connectivity index (χ3n) is 3.56. The Morgan fingerprint density at radius 3 is 3.00 bits per heavy atom. The Bertz CT molecular complexity index is 557. The molecule has 0 saturated heterocycles. The van der Waals surface area contributed by atoms with Crippen molar-refractivity contribution in [3.63, 3.8) is 0 Å². The van der Waals surface area contributed by atoms with E-state index >= 15 is 0 Å². The van der Waals surface area contributed by atoms with E-state index in [2.05, 4.69) is 18.0 Å². The molecule has 0 aliphatic heterocycles. The van der Waals surface area contributed by atoms with E-state index in [1.165, 1.54) is 22.2 Å². The Hall–Kier alpha value is -1.48. The number of nitrogens with two attached hydrogens (primary N) is 1. The first kappa shape index (κ1) is 9.73. The van der Waals surface area contributed by atoms with Crippen molar-refractivity contribution in [2.75, 3.05) is 7.11 Å². The normalized spacial score (nSPS) is 19.1. The van der Waals surface area contributed by atoms with Gasteiger partial charge in [0, 0.05) is 17.1 Å². The minimum absolute atomic E-state index is 0.159. The molecular weight excluding hydrogens is 200 g/mol. The van der Waals surface area contributed by atoms with E-state index < -0.39 is 0 Å². The van der Waals surface area contributed by atoms with Crippen LogP contribution in [0.2, 0.25) is 0 Å². The number of aromatic nitrogens is 1. The molecule has 16 heavy (non-hydrogen) atoms. The number of hydrogen-bond donors (Lipinski definition) is 2. The fourth-order valence-electron chi connectivity index (χ4n) is 2.74. The topological polar surface area (TPSA) is 51.0 Å². The van der Waals surface area contributed by atoms with Crippen LogP contribution in [0.3, 0.4) is 0 Å². The molecule has 84 valence electrons. The van der Waals surface area contributed by atoms with E-state index in [9.17, 15) is 0 Å². The van der Waals surface area contributed by atoms with Crippen molar-refractivity contribution in [2.24, 2.45) is 5.73 Å². The molecule has 1 atom stereocenters. The van der Waals surface area contributed by atoms with Crippen LogP contribution >= 0.6 is 0 Å². The molecule has 3 N–H and O–H groups in total. The predicted octanol–water partition coefficient (Wildman–Crippen LogP) is 2.43. The van der Waals surface area contributed by atoms with Crippen LogP contribution in [0.5, 0.6) is 5.75 Å². The second-order valence-electron chi connectivity index (χ2n) is 4.50. The molecule has 1 aromatic carbocycles. The first-order chi connectivity index (χ1) is 7.72. The Morgan fingerprint density at radius 2 is 2.25 bits per heavy atom. The van der Waals surface area contributed by atoms with E-state index in [-0.39, 0.29) is 6.04 Å². The quantitative estimate of drug-likeness (QED) is 0.769. The van der Waals surface area contributed by atoms with E-state index in [4.69, 9.17) is 10.5 Å². The highest BCUT2D eigenvalue weighted by molar-refractivity contribution is 5.93. The third-order valence-corrected chi connectivity index (χ3v) is 3.56. The Balaban J connectivity index is 2.39.